The lowest BCUT2D eigenvalue weighted by Gasteiger charge is -2.19. The molecule has 0 fully saturated rings. The first-order valence-corrected chi connectivity index (χ1v) is 7.78. The van der Waals surface area contributed by atoms with Gasteiger partial charge < -0.3 is 5.32 Å². The van der Waals surface area contributed by atoms with Gasteiger partial charge in [-0.25, -0.2) is 4.39 Å². The summed E-state index contributed by atoms with van der Waals surface area (Å²) in [5.74, 6) is -0.324. The SMILES string of the molecule is CCNC(Cc1ccc(CC)cc1)c1cccc(Cl)c1F. The first-order chi connectivity index (χ1) is 10.2. The molecule has 1 nitrogen and oxygen atoms in total. The molecule has 1 unspecified atom stereocenters. The van der Waals surface area contributed by atoms with Crippen LogP contribution in [0.15, 0.2) is 42.5 Å². The molecule has 0 spiro atoms. The maximum atomic E-state index is 14.2. The Hall–Kier alpha value is -1.38. The highest BCUT2D eigenvalue weighted by molar-refractivity contribution is 6.30. The van der Waals surface area contributed by atoms with Gasteiger partial charge in [-0.2, -0.15) is 0 Å². The van der Waals surface area contributed by atoms with Crippen LogP contribution >= 0.6 is 11.6 Å². The molecule has 3 heteroatoms. The molecule has 1 N–H and O–H groups in total. The third-order valence-electron chi connectivity index (χ3n) is 3.68. The van der Waals surface area contributed by atoms with Crippen LogP contribution in [0.1, 0.15) is 36.6 Å². The Morgan fingerprint density at radius 3 is 2.33 bits per heavy atom. The summed E-state index contributed by atoms with van der Waals surface area (Å²) in [4.78, 5) is 0. The number of likely N-dealkylation sites (N-methyl/N-ethyl adjacent to an activating group) is 1. The van der Waals surface area contributed by atoms with Gasteiger partial charge in [-0.05, 0) is 36.6 Å². The van der Waals surface area contributed by atoms with Gasteiger partial charge in [0, 0.05) is 11.6 Å². The van der Waals surface area contributed by atoms with Crippen molar-refractivity contribution in [2.24, 2.45) is 0 Å². The van der Waals surface area contributed by atoms with E-state index in [1.54, 1.807) is 18.2 Å². The molecule has 0 saturated carbocycles. The van der Waals surface area contributed by atoms with E-state index < -0.39 is 0 Å². The third kappa shape index (κ3) is 4.05. The molecule has 0 aliphatic carbocycles. The van der Waals surface area contributed by atoms with Crippen molar-refractivity contribution in [1.82, 2.24) is 5.32 Å². The van der Waals surface area contributed by atoms with Crippen LogP contribution in [0.5, 0.6) is 0 Å². The van der Waals surface area contributed by atoms with Crippen LogP contribution in [0.4, 0.5) is 4.39 Å². The van der Waals surface area contributed by atoms with E-state index >= 15 is 0 Å². The number of benzene rings is 2. The zero-order valence-electron chi connectivity index (χ0n) is 12.5. The molecule has 0 aliphatic rings. The van der Waals surface area contributed by atoms with Crippen LogP contribution in [-0.2, 0) is 12.8 Å². The molecular formula is C18H21ClFN. The zero-order chi connectivity index (χ0) is 15.2. The van der Waals surface area contributed by atoms with Crippen LogP contribution in [0.2, 0.25) is 5.02 Å². The molecule has 2 rings (SSSR count). The Labute approximate surface area is 131 Å². The van der Waals surface area contributed by atoms with E-state index in [2.05, 4.69) is 36.5 Å². The molecule has 0 aromatic heterocycles. The van der Waals surface area contributed by atoms with Crippen molar-refractivity contribution in [2.45, 2.75) is 32.7 Å². The predicted octanol–water partition coefficient (Wildman–Crippen LogP) is 4.93. The average molecular weight is 306 g/mol. The minimum atomic E-state index is -0.324. The molecule has 2 aromatic carbocycles. The van der Waals surface area contributed by atoms with Gasteiger partial charge >= 0.3 is 0 Å². The number of aryl methyl sites for hydroxylation is 1. The van der Waals surface area contributed by atoms with Crippen LogP contribution in [0.3, 0.4) is 0 Å². The Balaban J connectivity index is 2.24. The topological polar surface area (TPSA) is 12.0 Å². The van der Waals surface area contributed by atoms with E-state index in [9.17, 15) is 4.39 Å². The summed E-state index contributed by atoms with van der Waals surface area (Å²) >= 11 is 5.90. The van der Waals surface area contributed by atoms with E-state index in [1.807, 2.05) is 6.92 Å². The van der Waals surface area contributed by atoms with Gasteiger partial charge in [-0.15, -0.1) is 0 Å². The first-order valence-electron chi connectivity index (χ1n) is 7.40. The van der Waals surface area contributed by atoms with Crippen molar-refractivity contribution >= 4 is 11.6 Å². The maximum Gasteiger partial charge on any atom is 0.146 e. The third-order valence-corrected chi connectivity index (χ3v) is 3.97. The van der Waals surface area contributed by atoms with Gasteiger partial charge in [0.2, 0.25) is 0 Å². The quantitative estimate of drug-likeness (QED) is 0.797. The molecule has 0 saturated heterocycles. The molecule has 1 atom stereocenters. The van der Waals surface area contributed by atoms with Crippen LogP contribution in [-0.4, -0.2) is 6.54 Å². The van der Waals surface area contributed by atoms with E-state index in [0.29, 0.717) is 5.56 Å². The second-order valence-electron chi connectivity index (χ2n) is 5.13. The summed E-state index contributed by atoms with van der Waals surface area (Å²) in [5, 5.41) is 3.52. The lowest BCUT2D eigenvalue weighted by atomic mass is 9.97. The minimum absolute atomic E-state index is 0.0684. The van der Waals surface area contributed by atoms with E-state index in [1.165, 1.54) is 11.1 Å². The number of nitrogens with one attached hydrogen (secondary N) is 1. The first kappa shape index (κ1) is 16.0. The fourth-order valence-electron chi connectivity index (χ4n) is 2.47. The lowest BCUT2D eigenvalue weighted by Crippen LogP contribution is -2.24. The summed E-state index contributed by atoms with van der Waals surface area (Å²) < 4.78 is 14.2. The number of rotatable bonds is 6. The summed E-state index contributed by atoms with van der Waals surface area (Å²) in [6.07, 6.45) is 1.77. The van der Waals surface area contributed by atoms with Crippen molar-refractivity contribution in [3.63, 3.8) is 0 Å². The minimum Gasteiger partial charge on any atom is -0.310 e. The fourth-order valence-corrected chi connectivity index (χ4v) is 2.66. The Morgan fingerprint density at radius 1 is 1.05 bits per heavy atom. The molecule has 0 bridgehead atoms. The second-order valence-corrected chi connectivity index (χ2v) is 5.53. The van der Waals surface area contributed by atoms with Crippen LogP contribution in [0.25, 0.3) is 0 Å². The highest BCUT2D eigenvalue weighted by Gasteiger charge is 2.17. The van der Waals surface area contributed by atoms with Crippen LogP contribution in [0, 0.1) is 5.82 Å². The predicted molar refractivity (Wildman–Crippen MR) is 87.4 cm³/mol. The molecule has 2 aromatic rings. The summed E-state index contributed by atoms with van der Waals surface area (Å²) in [7, 11) is 0. The molecule has 0 heterocycles. The lowest BCUT2D eigenvalue weighted by molar-refractivity contribution is 0.510. The molecule has 0 amide bonds. The van der Waals surface area contributed by atoms with Gasteiger partial charge in [-0.3, -0.25) is 0 Å². The van der Waals surface area contributed by atoms with Crippen molar-refractivity contribution in [3.8, 4) is 0 Å². The van der Waals surface area contributed by atoms with E-state index in [4.69, 9.17) is 11.6 Å². The summed E-state index contributed by atoms with van der Waals surface area (Å²) in [6.45, 7) is 4.94. The fraction of sp³-hybridized carbons (Fsp3) is 0.333. The standard InChI is InChI=1S/C18H21ClFN/c1-3-13-8-10-14(11-9-13)12-17(21-4-2)15-6-5-7-16(19)18(15)20/h5-11,17,21H,3-4,12H2,1-2H3. The van der Waals surface area contributed by atoms with Crippen molar-refractivity contribution in [2.75, 3.05) is 6.54 Å². The molecule has 0 aliphatic heterocycles. The van der Waals surface area contributed by atoms with Crippen molar-refractivity contribution < 1.29 is 4.39 Å². The molecule has 112 valence electrons. The van der Waals surface area contributed by atoms with E-state index in [0.717, 1.165) is 19.4 Å². The molecule has 0 radical (unpaired) electrons. The smallest absolute Gasteiger partial charge is 0.146 e. The average Bonchev–Trinajstić information content (AvgIpc) is 2.50. The summed E-state index contributed by atoms with van der Waals surface area (Å²) in [6, 6.07) is 13.6. The Kier molecular flexibility index (Phi) is 5.77. The molecule has 21 heavy (non-hydrogen) atoms. The second kappa shape index (κ2) is 7.58. The van der Waals surface area contributed by atoms with Crippen molar-refractivity contribution in [3.05, 3.63) is 70.0 Å². The maximum absolute atomic E-state index is 14.2. The largest absolute Gasteiger partial charge is 0.310 e. The van der Waals surface area contributed by atoms with E-state index in [-0.39, 0.29) is 16.9 Å². The van der Waals surface area contributed by atoms with Gasteiger partial charge in [0.1, 0.15) is 5.82 Å². The van der Waals surface area contributed by atoms with Crippen molar-refractivity contribution in [1.29, 1.82) is 0 Å². The zero-order valence-corrected chi connectivity index (χ0v) is 13.3. The van der Waals surface area contributed by atoms with Gasteiger partial charge in [0.25, 0.3) is 0 Å². The number of hydrogen-bond donors (Lipinski definition) is 1. The Morgan fingerprint density at radius 2 is 1.71 bits per heavy atom. The highest BCUT2D eigenvalue weighted by atomic mass is 35.5. The highest BCUT2D eigenvalue weighted by Crippen LogP contribution is 2.26. The van der Waals surface area contributed by atoms with Crippen LogP contribution < -0.4 is 5.32 Å². The number of hydrogen-bond acceptors (Lipinski definition) is 1. The Bertz CT molecular complexity index is 580. The summed E-state index contributed by atoms with van der Waals surface area (Å²) in [5.41, 5.74) is 3.13. The van der Waals surface area contributed by atoms with Gasteiger partial charge in [0.15, 0.2) is 0 Å². The van der Waals surface area contributed by atoms with Gasteiger partial charge in [-0.1, -0.05) is 61.8 Å². The normalized spacial score (nSPS) is 12.4. The molecular weight excluding hydrogens is 285 g/mol. The monoisotopic (exact) mass is 305 g/mol. The number of halogens is 2. The van der Waals surface area contributed by atoms with Gasteiger partial charge in [0.05, 0.1) is 5.02 Å².